The molecule has 4 unspecified atom stereocenters. The number of halogens is 4. The van der Waals surface area contributed by atoms with Gasteiger partial charge in [-0.05, 0) is 56.6 Å². The lowest BCUT2D eigenvalue weighted by molar-refractivity contribution is -0.274. The van der Waals surface area contributed by atoms with E-state index in [-0.39, 0.29) is 16.8 Å². The molecule has 1 aromatic rings. The summed E-state index contributed by atoms with van der Waals surface area (Å²) in [7, 11) is 0. The summed E-state index contributed by atoms with van der Waals surface area (Å²) < 4.78 is 47.1. The van der Waals surface area contributed by atoms with Crippen LogP contribution >= 0.6 is 11.6 Å². The van der Waals surface area contributed by atoms with E-state index in [1.54, 1.807) is 0 Å². The lowest BCUT2D eigenvalue weighted by Gasteiger charge is -2.47. The molecular formula is C18H22ClF3N2O3. The summed E-state index contributed by atoms with van der Waals surface area (Å²) in [6.07, 6.45) is -0.986. The molecule has 1 saturated carbocycles. The first-order chi connectivity index (χ1) is 12.5. The van der Waals surface area contributed by atoms with E-state index in [1.807, 2.05) is 6.92 Å². The summed E-state index contributed by atoms with van der Waals surface area (Å²) >= 11 is 5.82. The molecule has 2 bridgehead atoms. The molecule has 1 aromatic carbocycles. The van der Waals surface area contributed by atoms with Crippen LogP contribution in [0.2, 0.25) is 5.02 Å². The summed E-state index contributed by atoms with van der Waals surface area (Å²) in [5, 5.41) is 5.30. The maximum atomic E-state index is 12.4. The minimum atomic E-state index is -4.84. The van der Waals surface area contributed by atoms with Crippen LogP contribution < -0.4 is 15.4 Å². The van der Waals surface area contributed by atoms with Gasteiger partial charge in [0.25, 0.3) is 0 Å². The highest BCUT2D eigenvalue weighted by molar-refractivity contribution is 6.31. The number of benzene rings is 1. The molecule has 0 aromatic heterocycles. The molecule has 0 radical (unpaired) electrons. The molecule has 2 amide bonds. The van der Waals surface area contributed by atoms with Gasteiger partial charge in [0, 0.05) is 16.8 Å². The van der Waals surface area contributed by atoms with Crippen LogP contribution in [-0.2, 0) is 4.74 Å². The van der Waals surface area contributed by atoms with Gasteiger partial charge in [0.15, 0.2) is 0 Å². The molecule has 27 heavy (non-hydrogen) atoms. The number of carbonyl (C=O) groups is 1. The Balaban J connectivity index is 1.64. The summed E-state index contributed by atoms with van der Waals surface area (Å²) in [4.78, 5) is 12.4. The Morgan fingerprint density at radius 2 is 2.04 bits per heavy atom. The number of rotatable bonds is 3. The van der Waals surface area contributed by atoms with E-state index in [0.29, 0.717) is 18.3 Å². The molecule has 9 heteroatoms. The van der Waals surface area contributed by atoms with E-state index in [2.05, 4.69) is 22.3 Å². The maximum Gasteiger partial charge on any atom is 0.573 e. The van der Waals surface area contributed by atoms with Gasteiger partial charge in [-0.15, -0.1) is 13.2 Å². The third-order valence-electron chi connectivity index (χ3n) is 4.84. The Bertz CT molecular complexity index is 696. The molecule has 0 spiro atoms. The number of nitrogens with one attached hydrogen (secondary N) is 2. The van der Waals surface area contributed by atoms with Crippen LogP contribution in [-0.4, -0.2) is 24.2 Å². The van der Waals surface area contributed by atoms with Crippen LogP contribution in [0, 0.1) is 11.8 Å². The number of alkyl halides is 3. The van der Waals surface area contributed by atoms with Crippen LogP contribution in [0.25, 0.3) is 0 Å². The van der Waals surface area contributed by atoms with Crippen LogP contribution in [0.1, 0.15) is 39.5 Å². The fraction of sp³-hybridized carbons (Fsp3) is 0.611. The van der Waals surface area contributed by atoms with Gasteiger partial charge in [-0.25, -0.2) is 4.79 Å². The third-order valence-corrected chi connectivity index (χ3v) is 5.06. The predicted molar refractivity (Wildman–Crippen MR) is 94.7 cm³/mol. The lowest BCUT2D eigenvalue weighted by atomic mass is 9.75. The summed E-state index contributed by atoms with van der Waals surface area (Å²) in [5.41, 5.74) is -0.728. The van der Waals surface area contributed by atoms with Crippen molar-refractivity contribution in [1.82, 2.24) is 5.32 Å². The maximum absolute atomic E-state index is 12.4. The smallest absolute Gasteiger partial charge is 0.406 e. The highest BCUT2D eigenvalue weighted by atomic mass is 35.5. The molecule has 150 valence electrons. The number of anilines is 1. The van der Waals surface area contributed by atoms with Gasteiger partial charge < -0.3 is 20.1 Å². The van der Waals surface area contributed by atoms with E-state index in [4.69, 9.17) is 16.3 Å². The van der Waals surface area contributed by atoms with Crippen molar-refractivity contribution >= 4 is 23.3 Å². The van der Waals surface area contributed by atoms with E-state index < -0.39 is 23.9 Å². The summed E-state index contributed by atoms with van der Waals surface area (Å²) in [6, 6.07) is 2.84. The summed E-state index contributed by atoms with van der Waals surface area (Å²) in [6.45, 7) is 4.02. The quantitative estimate of drug-likeness (QED) is 0.716. The Kier molecular flexibility index (Phi) is 5.49. The molecule has 2 aliphatic rings. The van der Waals surface area contributed by atoms with E-state index in [9.17, 15) is 18.0 Å². The number of urea groups is 1. The van der Waals surface area contributed by atoms with Gasteiger partial charge in [-0.2, -0.15) is 0 Å². The molecule has 1 saturated heterocycles. The highest BCUT2D eigenvalue weighted by Gasteiger charge is 2.42. The molecule has 2 fully saturated rings. The van der Waals surface area contributed by atoms with Crippen LogP contribution in [0.5, 0.6) is 5.75 Å². The topological polar surface area (TPSA) is 59.6 Å². The Morgan fingerprint density at radius 3 is 2.70 bits per heavy atom. The average molecular weight is 407 g/mol. The second-order valence-electron chi connectivity index (χ2n) is 7.66. The Labute approximate surface area is 160 Å². The van der Waals surface area contributed by atoms with Crippen molar-refractivity contribution in [2.24, 2.45) is 11.8 Å². The first-order valence-electron chi connectivity index (χ1n) is 8.83. The van der Waals surface area contributed by atoms with Gasteiger partial charge in [-0.3, -0.25) is 0 Å². The second kappa shape index (κ2) is 7.39. The van der Waals surface area contributed by atoms with Crippen LogP contribution in [0.3, 0.4) is 0 Å². The zero-order valence-electron chi connectivity index (χ0n) is 15.0. The van der Waals surface area contributed by atoms with Gasteiger partial charge >= 0.3 is 12.4 Å². The fourth-order valence-corrected chi connectivity index (χ4v) is 4.44. The zero-order valence-corrected chi connectivity index (χ0v) is 15.8. The van der Waals surface area contributed by atoms with Crippen molar-refractivity contribution in [2.75, 3.05) is 5.32 Å². The third kappa shape index (κ3) is 5.65. The van der Waals surface area contributed by atoms with Crippen molar-refractivity contribution in [1.29, 1.82) is 0 Å². The molecule has 1 heterocycles. The largest absolute Gasteiger partial charge is 0.573 e. The Morgan fingerprint density at radius 1 is 1.30 bits per heavy atom. The predicted octanol–water partition coefficient (Wildman–Crippen LogP) is 5.30. The molecule has 1 aliphatic heterocycles. The van der Waals surface area contributed by atoms with Crippen molar-refractivity contribution < 1.29 is 27.4 Å². The van der Waals surface area contributed by atoms with Crippen molar-refractivity contribution in [3.8, 4) is 5.75 Å². The minimum Gasteiger partial charge on any atom is -0.406 e. The van der Waals surface area contributed by atoms with Gasteiger partial charge in [0.2, 0.25) is 0 Å². The minimum absolute atomic E-state index is 0.00991. The van der Waals surface area contributed by atoms with Gasteiger partial charge in [0.05, 0.1) is 6.10 Å². The van der Waals surface area contributed by atoms with Gasteiger partial charge in [-0.1, -0.05) is 18.5 Å². The number of carbonyl (C=O) groups excluding carboxylic acids is 1. The first-order valence-corrected chi connectivity index (χ1v) is 9.21. The monoisotopic (exact) mass is 406 g/mol. The molecule has 4 atom stereocenters. The van der Waals surface area contributed by atoms with E-state index in [1.165, 1.54) is 6.07 Å². The molecule has 1 aliphatic carbocycles. The number of fused-ring (bicyclic) bond motifs is 2. The van der Waals surface area contributed by atoms with E-state index >= 15 is 0 Å². The van der Waals surface area contributed by atoms with Crippen molar-refractivity contribution in [2.45, 2.75) is 57.7 Å². The van der Waals surface area contributed by atoms with E-state index in [0.717, 1.165) is 31.4 Å². The number of ether oxygens (including phenoxy) is 2. The average Bonchev–Trinajstić information content (AvgIpc) is 2.41. The molecule has 2 N–H and O–H groups in total. The van der Waals surface area contributed by atoms with Crippen molar-refractivity contribution in [3.63, 3.8) is 0 Å². The van der Waals surface area contributed by atoms with Crippen LogP contribution in [0.4, 0.5) is 23.7 Å². The zero-order chi connectivity index (χ0) is 19.8. The second-order valence-corrected chi connectivity index (χ2v) is 8.09. The molecule has 3 rings (SSSR count). The molecule has 5 nitrogen and oxygen atoms in total. The highest BCUT2D eigenvalue weighted by Crippen LogP contribution is 2.42. The first kappa shape index (κ1) is 20.1. The lowest BCUT2D eigenvalue weighted by Crippen LogP contribution is -2.56. The normalized spacial score (nSPS) is 30.5. The van der Waals surface area contributed by atoms with Crippen molar-refractivity contribution in [3.05, 3.63) is 23.2 Å². The number of hydrogen-bond donors (Lipinski definition) is 2. The summed E-state index contributed by atoms with van der Waals surface area (Å²) in [5.74, 6) is 0.579. The number of hydrogen-bond acceptors (Lipinski definition) is 3. The Hall–Kier alpha value is -1.67. The van der Waals surface area contributed by atoms with Crippen LogP contribution in [0.15, 0.2) is 18.2 Å². The SMILES string of the molecule is CC1CC2CC(C1)OC(C)(NC(=O)Nc1cc(Cl)cc(OC(F)(F)F)c1)C2. The fourth-order valence-electron chi connectivity index (χ4n) is 4.22. The number of amides is 2. The van der Waals surface area contributed by atoms with Gasteiger partial charge in [0.1, 0.15) is 11.5 Å². The standard InChI is InChI=1S/C18H22ClF3N2O3/c1-10-3-11-5-14(4-10)26-17(2,9-11)24-16(25)23-13-6-12(19)7-15(8-13)27-18(20,21)22/h6-8,10-11,14H,3-5,9H2,1-2H3,(H2,23,24,25). The molecular weight excluding hydrogens is 385 g/mol.